The van der Waals surface area contributed by atoms with E-state index in [0.29, 0.717) is 0 Å². The van der Waals surface area contributed by atoms with Gasteiger partial charge in [-0.25, -0.2) is 0 Å². The molecule has 0 radical (unpaired) electrons. The van der Waals surface area contributed by atoms with Crippen LogP contribution in [-0.4, -0.2) is 5.54 Å². The van der Waals surface area contributed by atoms with Gasteiger partial charge in [-0.3, -0.25) is 0 Å². The van der Waals surface area contributed by atoms with E-state index in [-0.39, 0.29) is 5.54 Å². The van der Waals surface area contributed by atoms with Crippen molar-refractivity contribution in [2.45, 2.75) is 89.5 Å². The summed E-state index contributed by atoms with van der Waals surface area (Å²) in [5.41, 5.74) is -0.270. The lowest BCUT2D eigenvalue weighted by Crippen LogP contribution is -2.21. The van der Waals surface area contributed by atoms with Crippen LogP contribution in [0, 0.1) is 4.91 Å². The smallest absolute Gasteiger partial charge is 0.0998 e. The van der Waals surface area contributed by atoms with Crippen molar-refractivity contribution in [3.05, 3.63) is 4.91 Å². The monoisotopic (exact) mass is 225 g/mol. The molecule has 1 aliphatic carbocycles. The molecule has 1 rings (SSSR count). The highest BCUT2D eigenvalue weighted by Crippen LogP contribution is 2.27. The Labute approximate surface area is 100 Å². The number of hydrogen-bond acceptors (Lipinski definition) is 2. The van der Waals surface area contributed by atoms with Gasteiger partial charge in [0.2, 0.25) is 0 Å². The summed E-state index contributed by atoms with van der Waals surface area (Å²) in [5.74, 6) is 0. The van der Waals surface area contributed by atoms with Crippen LogP contribution in [-0.2, 0) is 0 Å². The quantitative estimate of drug-likeness (QED) is 0.563. The van der Waals surface area contributed by atoms with Gasteiger partial charge in [-0.1, -0.05) is 69.4 Å². The van der Waals surface area contributed by atoms with Crippen LogP contribution in [0.4, 0.5) is 0 Å². The molecule has 2 heteroatoms. The Kier molecular flexibility index (Phi) is 6.67. The molecule has 0 heterocycles. The molecule has 0 atom stereocenters. The van der Waals surface area contributed by atoms with Crippen molar-refractivity contribution in [1.29, 1.82) is 0 Å². The van der Waals surface area contributed by atoms with Crippen molar-refractivity contribution in [2.75, 3.05) is 0 Å². The van der Waals surface area contributed by atoms with Crippen LogP contribution in [0.3, 0.4) is 0 Å². The van der Waals surface area contributed by atoms with Gasteiger partial charge in [0.1, 0.15) is 0 Å². The molecule has 0 aromatic carbocycles. The first kappa shape index (κ1) is 13.7. The van der Waals surface area contributed by atoms with Gasteiger partial charge in [-0.05, 0) is 19.8 Å². The first-order chi connectivity index (χ1) is 7.77. The van der Waals surface area contributed by atoms with Crippen molar-refractivity contribution >= 4 is 0 Å². The molecule has 0 aromatic rings. The van der Waals surface area contributed by atoms with Crippen molar-refractivity contribution < 1.29 is 0 Å². The fourth-order valence-corrected chi connectivity index (χ4v) is 2.64. The molecule has 0 N–H and O–H groups in total. The summed E-state index contributed by atoms with van der Waals surface area (Å²) in [7, 11) is 0. The molecular formula is C14H27NO. The number of nitroso groups, excluding NO2 is 1. The van der Waals surface area contributed by atoms with E-state index >= 15 is 0 Å². The average Bonchev–Trinajstić information content (AvgIpc) is 2.31. The molecule has 16 heavy (non-hydrogen) atoms. The topological polar surface area (TPSA) is 29.4 Å². The van der Waals surface area contributed by atoms with Gasteiger partial charge in [-0.15, -0.1) is 0 Å². The minimum atomic E-state index is -0.270. The predicted molar refractivity (Wildman–Crippen MR) is 69.6 cm³/mol. The highest BCUT2D eigenvalue weighted by Gasteiger charge is 2.24. The van der Waals surface area contributed by atoms with Crippen LogP contribution in [0.25, 0.3) is 0 Å². The minimum absolute atomic E-state index is 0.270. The molecule has 0 unspecified atom stereocenters. The zero-order valence-electron chi connectivity index (χ0n) is 10.8. The zero-order valence-corrected chi connectivity index (χ0v) is 10.8. The normalized spacial score (nSPS) is 24.8. The van der Waals surface area contributed by atoms with Crippen LogP contribution >= 0.6 is 0 Å². The molecule has 0 bridgehead atoms. The van der Waals surface area contributed by atoms with Crippen molar-refractivity contribution in [1.82, 2.24) is 0 Å². The van der Waals surface area contributed by atoms with Gasteiger partial charge < -0.3 is 0 Å². The summed E-state index contributed by atoms with van der Waals surface area (Å²) in [6.45, 7) is 2.04. The lowest BCUT2D eigenvalue weighted by atomic mass is 9.89. The van der Waals surface area contributed by atoms with E-state index in [0.717, 1.165) is 12.8 Å². The molecule has 94 valence electrons. The molecule has 0 aliphatic heterocycles. The first-order valence-electron chi connectivity index (χ1n) is 7.11. The van der Waals surface area contributed by atoms with Crippen molar-refractivity contribution in [3.63, 3.8) is 0 Å². The summed E-state index contributed by atoms with van der Waals surface area (Å²) in [6, 6.07) is 0. The Morgan fingerprint density at radius 1 is 0.688 bits per heavy atom. The van der Waals surface area contributed by atoms with Gasteiger partial charge in [0.15, 0.2) is 0 Å². The molecule has 1 saturated carbocycles. The fourth-order valence-electron chi connectivity index (χ4n) is 2.64. The third-order valence-electron chi connectivity index (χ3n) is 3.90. The van der Waals surface area contributed by atoms with E-state index in [2.05, 4.69) is 5.18 Å². The summed E-state index contributed by atoms with van der Waals surface area (Å²) in [5, 5.41) is 3.38. The molecule has 1 fully saturated rings. The van der Waals surface area contributed by atoms with Crippen LogP contribution < -0.4 is 0 Å². The number of nitrogens with zero attached hydrogens (tertiary/aromatic N) is 1. The molecule has 0 amide bonds. The minimum Gasteiger partial charge on any atom is -0.150 e. The average molecular weight is 225 g/mol. The standard InChI is InChI=1S/C14H27NO/c1-14(15-16)12-10-8-6-4-2-3-5-7-9-11-13-14/h2-13H2,1H3. The maximum absolute atomic E-state index is 10.9. The van der Waals surface area contributed by atoms with Gasteiger partial charge in [0.25, 0.3) is 0 Å². The Hall–Kier alpha value is -0.400. The van der Waals surface area contributed by atoms with E-state index in [4.69, 9.17) is 0 Å². The van der Waals surface area contributed by atoms with Gasteiger partial charge in [-0.2, -0.15) is 4.91 Å². The second-order valence-corrected chi connectivity index (χ2v) is 5.62. The van der Waals surface area contributed by atoms with Gasteiger partial charge in [0.05, 0.1) is 5.54 Å². The second kappa shape index (κ2) is 7.81. The van der Waals surface area contributed by atoms with E-state index < -0.39 is 0 Å². The summed E-state index contributed by atoms with van der Waals surface area (Å²) in [6.07, 6.45) is 15.2. The van der Waals surface area contributed by atoms with Crippen LogP contribution in [0.1, 0.15) is 84.0 Å². The van der Waals surface area contributed by atoms with E-state index in [1.165, 1.54) is 64.2 Å². The summed E-state index contributed by atoms with van der Waals surface area (Å²) < 4.78 is 0. The Bertz CT molecular complexity index is 177. The first-order valence-corrected chi connectivity index (χ1v) is 7.11. The Morgan fingerprint density at radius 3 is 1.31 bits per heavy atom. The number of rotatable bonds is 1. The summed E-state index contributed by atoms with van der Waals surface area (Å²) in [4.78, 5) is 10.9. The molecule has 0 spiro atoms. The highest BCUT2D eigenvalue weighted by atomic mass is 16.3. The lowest BCUT2D eigenvalue weighted by molar-refractivity contribution is 0.367. The van der Waals surface area contributed by atoms with E-state index in [9.17, 15) is 4.91 Å². The maximum Gasteiger partial charge on any atom is 0.0998 e. The second-order valence-electron chi connectivity index (χ2n) is 5.62. The van der Waals surface area contributed by atoms with Crippen molar-refractivity contribution in [2.24, 2.45) is 5.18 Å². The van der Waals surface area contributed by atoms with Crippen LogP contribution in [0.15, 0.2) is 5.18 Å². The summed E-state index contributed by atoms with van der Waals surface area (Å²) >= 11 is 0. The fraction of sp³-hybridized carbons (Fsp3) is 1.00. The molecule has 0 aromatic heterocycles. The Morgan fingerprint density at radius 2 is 1.00 bits per heavy atom. The van der Waals surface area contributed by atoms with Crippen LogP contribution in [0.5, 0.6) is 0 Å². The molecule has 2 nitrogen and oxygen atoms in total. The third-order valence-corrected chi connectivity index (χ3v) is 3.90. The SMILES string of the molecule is CC1(N=O)CCCCCCCCCCCC1. The van der Waals surface area contributed by atoms with Gasteiger partial charge >= 0.3 is 0 Å². The third kappa shape index (κ3) is 5.62. The highest BCUT2D eigenvalue weighted by molar-refractivity contribution is 4.82. The van der Waals surface area contributed by atoms with E-state index in [1.54, 1.807) is 0 Å². The zero-order chi connectivity index (χ0) is 11.7. The molecule has 0 saturated heterocycles. The Balaban J connectivity index is 2.35. The maximum atomic E-state index is 10.9. The molecule has 1 aliphatic rings. The van der Waals surface area contributed by atoms with Gasteiger partial charge in [0, 0.05) is 0 Å². The van der Waals surface area contributed by atoms with Crippen LogP contribution in [0.2, 0.25) is 0 Å². The molecular weight excluding hydrogens is 198 g/mol. The van der Waals surface area contributed by atoms with E-state index in [1.807, 2.05) is 6.92 Å². The number of hydrogen-bond donors (Lipinski definition) is 0. The largest absolute Gasteiger partial charge is 0.150 e. The predicted octanol–water partition coefficient (Wildman–Crippen LogP) is 5.21. The lowest BCUT2D eigenvalue weighted by Gasteiger charge is -2.21. The van der Waals surface area contributed by atoms with Crippen molar-refractivity contribution in [3.8, 4) is 0 Å².